The largest absolute Gasteiger partial charge is 0.382 e. The van der Waals surface area contributed by atoms with Gasteiger partial charge in [0.2, 0.25) is 0 Å². The van der Waals surface area contributed by atoms with Gasteiger partial charge in [-0.05, 0) is 36.3 Å². The van der Waals surface area contributed by atoms with Crippen LogP contribution in [0.15, 0.2) is 78.1 Å². The Labute approximate surface area is 227 Å². The van der Waals surface area contributed by atoms with Crippen molar-refractivity contribution in [3.8, 4) is 17.5 Å². The second kappa shape index (κ2) is 10.9. The highest BCUT2D eigenvalue weighted by Gasteiger charge is 2.15. The van der Waals surface area contributed by atoms with Gasteiger partial charge in [-0.3, -0.25) is 18.8 Å². The number of hydrogen-bond acceptors (Lipinski definition) is 8. The van der Waals surface area contributed by atoms with E-state index in [1.807, 2.05) is 74.8 Å². The molecule has 4 N–H and O–H groups in total. The molecule has 1 amide bonds. The van der Waals surface area contributed by atoms with Crippen LogP contribution in [0.2, 0.25) is 0 Å². The number of nitrogen functional groups attached to an aromatic ring is 1. The molecule has 0 aliphatic carbocycles. The highest BCUT2D eigenvalue weighted by Crippen LogP contribution is 2.17. The van der Waals surface area contributed by atoms with Crippen LogP contribution in [0.4, 0.5) is 5.82 Å². The van der Waals surface area contributed by atoms with Crippen LogP contribution >= 0.6 is 0 Å². The van der Waals surface area contributed by atoms with Gasteiger partial charge in [-0.25, -0.2) is 9.50 Å². The Bertz CT molecular complexity index is 1980. The second-order valence-corrected chi connectivity index (χ2v) is 8.61. The summed E-state index contributed by atoms with van der Waals surface area (Å²) in [5, 5.41) is 15.8. The van der Waals surface area contributed by atoms with E-state index in [0.717, 1.165) is 11.5 Å². The molecule has 0 spiro atoms. The molecule has 2 aromatic carbocycles. The zero-order valence-corrected chi connectivity index (χ0v) is 21.7. The van der Waals surface area contributed by atoms with E-state index in [0.29, 0.717) is 34.1 Å². The number of rotatable bonds is 3. The number of carbonyl (C=O) groups is 1. The van der Waals surface area contributed by atoms with Crippen LogP contribution < -0.4 is 17.0 Å². The smallest absolute Gasteiger partial charge is 0.267 e. The average molecular weight is 533 g/mol. The quantitative estimate of drug-likeness (QED) is 0.326. The minimum atomic E-state index is -0.625. The van der Waals surface area contributed by atoms with Crippen LogP contribution in [0.1, 0.15) is 34.4 Å². The number of fused-ring (bicyclic) bond motifs is 2. The summed E-state index contributed by atoms with van der Waals surface area (Å²) in [6.07, 6.45) is 5.22. The SMILES string of the molecule is CCc1nc2cccc(C#Cc3ccn(C)n3)c2c(=O)n1-c1ccccc1.NC(=O)c1c(N)nn2cnncc12. The van der Waals surface area contributed by atoms with E-state index >= 15 is 0 Å². The number of aryl methyl sites for hydroxylation is 2. The van der Waals surface area contributed by atoms with Crippen molar-refractivity contribution in [1.29, 1.82) is 0 Å². The number of amides is 1. The minimum Gasteiger partial charge on any atom is -0.382 e. The van der Waals surface area contributed by atoms with Gasteiger partial charge in [0.15, 0.2) is 5.82 Å². The van der Waals surface area contributed by atoms with E-state index < -0.39 is 5.91 Å². The molecule has 0 radical (unpaired) electrons. The maximum absolute atomic E-state index is 13.4. The Hall–Kier alpha value is -5.83. The number of nitrogens with two attached hydrogens (primary N) is 2. The topological polar surface area (TPSA) is 165 Å². The maximum Gasteiger partial charge on any atom is 0.267 e. The Morgan fingerprint density at radius 3 is 2.50 bits per heavy atom. The Morgan fingerprint density at radius 2 is 1.80 bits per heavy atom. The number of carbonyl (C=O) groups excluding carboxylic acids is 1. The highest BCUT2D eigenvalue weighted by atomic mass is 16.1. The van der Waals surface area contributed by atoms with E-state index in [4.69, 9.17) is 16.5 Å². The maximum atomic E-state index is 13.4. The normalized spacial score (nSPS) is 10.6. The summed E-state index contributed by atoms with van der Waals surface area (Å²) in [6.45, 7) is 2.00. The van der Waals surface area contributed by atoms with E-state index in [9.17, 15) is 9.59 Å². The molecule has 0 atom stereocenters. The van der Waals surface area contributed by atoms with Crippen molar-refractivity contribution in [2.75, 3.05) is 5.73 Å². The van der Waals surface area contributed by atoms with Crippen molar-refractivity contribution in [1.82, 2.24) is 39.1 Å². The molecule has 40 heavy (non-hydrogen) atoms. The van der Waals surface area contributed by atoms with Gasteiger partial charge in [0.1, 0.15) is 28.9 Å². The lowest BCUT2D eigenvalue weighted by Crippen LogP contribution is -2.24. The van der Waals surface area contributed by atoms with Crippen LogP contribution in [0.5, 0.6) is 0 Å². The van der Waals surface area contributed by atoms with Gasteiger partial charge in [-0.15, -0.1) is 10.2 Å². The molecule has 0 aliphatic heterocycles. The number of nitrogens with zero attached hydrogens (tertiary/aromatic N) is 8. The lowest BCUT2D eigenvalue weighted by molar-refractivity contribution is 0.100. The molecular formula is C28H24N10O2. The van der Waals surface area contributed by atoms with Crippen molar-refractivity contribution in [2.24, 2.45) is 12.8 Å². The summed E-state index contributed by atoms with van der Waals surface area (Å²) in [4.78, 5) is 29.0. The number of benzene rings is 2. The summed E-state index contributed by atoms with van der Waals surface area (Å²) in [5.41, 5.74) is 13.9. The van der Waals surface area contributed by atoms with Gasteiger partial charge < -0.3 is 11.5 Å². The molecule has 6 rings (SSSR count). The molecule has 4 aromatic heterocycles. The zero-order valence-electron chi connectivity index (χ0n) is 21.7. The number of para-hydroxylation sites is 1. The van der Waals surface area contributed by atoms with Gasteiger partial charge in [0.05, 0.1) is 22.8 Å². The van der Waals surface area contributed by atoms with Crippen LogP contribution in [0.3, 0.4) is 0 Å². The van der Waals surface area contributed by atoms with Gasteiger partial charge in [-0.2, -0.15) is 10.2 Å². The van der Waals surface area contributed by atoms with Crippen molar-refractivity contribution in [3.05, 3.63) is 106 Å². The lowest BCUT2D eigenvalue weighted by atomic mass is 10.1. The van der Waals surface area contributed by atoms with Gasteiger partial charge in [0.25, 0.3) is 11.5 Å². The molecule has 4 heterocycles. The monoisotopic (exact) mass is 532 g/mol. The van der Waals surface area contributed by atoms with Gasteiger partial charge in [-0.1, -0.05) is 37.1 Å². The molecule has 12 heteroatoms. The number of aromatic nitrogens is 8. The third-order valence-corrected chi connectivity index (χ3v) is 5.97. The summed E-state index contributed by atoms with van der Waals surface area (Å²) in [5.74, 6) is 6.32. The molecule has 0 saturated heterocycles. The van der Waals surface area contributed by atoms with E-state index in [1.165, 1.54) is 17.0 Å². The third kappa shape index (κ3) is 4.99. The first-order valence-corrected chi connectivity index (χ1v) is 12.2. The predicted octanol–water partition coefficient (Wildman–Crippen LogP) is 1.89. The van der Waals surface area contributed by atoms with Crippen LogP contribution in [0, 0.1) is 11.8 Å². The fourth-order valence-corrected chi connectivity index (χ4v) is 4.17. The summed E-state index contributed by atoms with van der Waals surface area (Å²) in [6, 6.07) is 17.0. The van der Waals surface area contributed by atoms with Gasteiger partial charge >= 0.3 is 0 Å². The number of hydrogen-bond donors (Lipinski definition) is 2. The molecule has 0 bridgehead atoms. The predicted molar refractivity (Wildman–Crippen MR) is 150 cm³/mol. The first kappa shape index (κ1) is 25.8. The lowest BCUT2D eigenvalue weighted by Gasteiger charge is -2.13. The Balaban J connectivity index is 0.000000207. The molecule has 0 aliphatic rings. The molecule has 0 unspecified atom stereocenters. The molecule has 6 aromatic rings. The van der Waals surface area contributed by atoms with Crippen molar-refractivity contribution < 1.29 is 4.79 Å². The standard InChI is InChI=1S/C22H18N4O.C6H6N6O/c1-3-20-23-19-11-7-8-16(12-13-17-14-15-25(2)24-17)21(19)22(27)26(20)18-9-5-4-6-10-18;7-5-4(6(8)13)3-1-9-10-2-12(3)11-5/h4-11,14-15H,3H2,1-2H3;1-2H,(H2,7,11)(H2,8,13). The molecule has 0 saturated carbocycles. The van der Waals surface area contributed by atoms with Crippen molar-refractivity contribution >= 4 is 28.1 Å². The second-order valence-electron chi connectivity index (χ2n) is 8.61. The average Bonchev–Trinajstić information content (AvgIpc) is 3.53. The number of anilines is 1. The van der Waals surface area contributed by atoms with Crippen LogP contribution in [-0.2, 0) is 13.5 Å². The zero-order chi connectivity index (χ0) is 28.2. The summed E-state index contributed by atoms with van der Waals surface area (Å²) < 4.78 is 4.72. The van der Waals surface area contributed by atoms with Crippen molar-refractivity contribution in [2.45, 2.75) is 13.3 Å². The van der Waals surface area contributed by atoms with Crippen molar-refractivity contribution in [3.63, 3.8) is 0 Å². The molecule has 198 valence electrons. The first-order valence-electron chi connectivity index (χ1n) is 12.2. The van der Waals surface area contributed by atoms with Crippen LogP contribution in [-0.4, -0.2) is 45.1 Å². The van der Waals surface area contributed by atoms with Gasteiger partial charge in [0, 0.05) is 25.2 Å². The van der Waals surface area contributed by atoms with E-state index in [1.54, 1.807) is 9.25 Å². The summed E-state index contributed by atoms with van der Waals surface area (Å²) in [7, 11) is 1.85. The van der Waals surface area contributed by atoms with Crippen LogP contribution in [0.25, 0.3) is 22.1 Å². The molecule has 12 nitrogen and oxygen atoms in total. The molecular weight excluding hydrogens is 508 g/mol. The fourth-order valence-electron chi connectivity index (χ4n) is 4.17. The Morgan fingerprint density at radius 1 is 1.00 bits per heavy atom. The fraction of sp³-hybridized carbons (Fsp3) is 0.107. The highest BCUT2D eigenvalue weighted by molar-refractivity contribution is 6.03. The first-order chi connectivity index (χ1) is 19.4. The third-order valence-electron chi connectivity index (χ3n) is 5.97. The number of primary amides is 1. The Kier molecular flexibility index (Phi) is 7.02. The van der Waals surface area contributed by atoms with E-state index in [-0.39, 0.29) is 16.9 Å². The van der Waals surface area contributed by atoms with E-state index in [2.05, 4.69) is 32.2 Å². The molecule has 0 fully saturated rings. The minimum absolute atomic E-state index is 0.0855. The summed E-state index contributed by atoms with van der Waals surface area (Å²) >= 11 is 0.